The van der Waals surface area contributed by atoms with Crippen LogP contribution in [0.4, 0.5) is 0 Å². The Morgan fingerprint density at radius 2 is 1.28 bits per heavy atom. The summed E-state index contributed by atoms with van der Waals surface area (Å²) >= 11 is 0. The summed E-state index contributed by atoms with van der Waals surface area (Å²) in [6, 6.07) is 21.2. The summed E-state index contributed by atoms with van der Waals surface area (Å²) in [6.07, 6.45) is -3.41. The number of benzene rings is 4. The van der Waals surface area contributed by atoms with Gasteiger partial charge in [-0.1, -0.05) is 24.3 Å². The summed E-state index contributed by atoms with van der Waals surface area (Å²) in [7, 11) is 0. The molecule has 6 rings (SSSR count). The van der Waals surface area contributed by atoms with E-state index in [-0.39, 0.29) is 39.7 Å². The average Bonchev–Trinajstić information content (AvgIpc) is 3.13. The quantitative estimate of drug-likeness (QED) is 0.0886. The van der Waals surface area contributed by atoms with E-state index >= 15 is 0 Å². The molecular weight excluding hydrogens is 692 g/mol. The van der Waals surface area contributed by atoms with Crippen LogP contribution >= 0.6 is 0 Å². The van der Waals surface area contributed by atoms with Crippen LogP contribution in [-0.4, -0.2) is 79.9 Å². The van der Waals surface area contributed by atoms with Crippen LogP contribution in [0.3, 0.4) is 0 Å². The van der Waals surface area contributed by atoms with Gasteiger partial charge in [-0.05, 0) is 71.8 Å². The summed E-state index contributed by atoms with van der Waals surface area (Å²) in [4.78, 5) is 38.4. The summed E-state index contributed by atoms with van der Waals surface area (Å²) < 4.78 is 28.4. The molecule has 1 aliphatic rings. The van der Waals surface area contributed by atoms with Crippen LogP contribution in [0.25, 0.3) is 34.4 Å². The van der Waals surface area contributed by atoms with Gasteiger partial charge in [-0.15, -0.1) is 0 Å². The molecule has 1 aromatic heterocycles. The smallest absolute Gasteiger partial charge is 0.331 e. The van der Waals surface area contributed by atoms with E-state index in [9.17, 15) is 45.0 Å². The highest BCUT2D eigenvalue weighted by atomic mass is 16.7. The highest BCUT2D eigenvalue weighted by molar-refractivity contribution is 5.88. The SMILES string of the molecule is O=C(/C=C/c1ccc(O)cc1)OCC1O[C@@H](Oc2cc(O)c3c(=O)cc(-c4ccc(O)cc4)oc3c2)C(OC(=O)/C=C/c2ccc(O)cc2)[C@@H](O)[C@@H]1O. The standard InChI is InChI=1S/C39H32O14/c40-24-9-1-21(2-10-24)5-15-33(45)49-20-32-36(47)37(48)38(53-34(46)16-6-22-3-11-25(41)12-4-22)39(52-32)50-27-17-28(43)35-29(44)19-30(51-31(35)18-27)23-7-13-26(42)14-8-23/h1-19,32,36-43,47-48H,20H2/b15-5+,16-6+/t32?,36-,37+,38?,39-/m1/s1. The largest absolute Gasteiger partial charge is 0.508 e. The molecule has 4 aromatic carbocycles. The molecule has 0 amide bonds. The van der Waals surface area contributed by atoms with Crippen molar-refractivity contribution in [1.29, 1.82) is 0 Å². The molecule has 1 aliphatic heterocycles. The number of fused-ring (bicyclic) bond motifs is 1. The molecule has 53 heavy (non-hydrogen) atoms. The van der Waals surface area contributed by atoms with Crippen molar-refractivity contribution in [2.45, 2.75) is 30.7 Å². The van der Waals surface area contributed by atoms with Crippen molar-refractivity contribution in [3.05, 3.63) is 124 Å². The van der Waals surface area contributed by atoms with Crippen molar-refractivity contribution in [3.8, 4) is 40.1 Å². The normalized spacial score (nSPS) is 20.1. The molecule has 6 N–H and O–H groups in total. The van der Waals surface area contributed by atoms with E-state index in [0.29, 0.717) is 16.7 Å². The highest BCUT2D eigenvalue weighted by Crippen LogP contribution is 2.34. The molecule has 0 radical (unpaired) electrons. The fourth-order valence-corrected chi connectivity index (χ4v) is 5.36. The lowest BCUT2D eigenvalue weighted by molar-refractivity contribution is -0.281. The van der Waals surface area contributed by atoms with Crippen LogP contribution in [-0.2, 0) is 23.8 Å². The second-order valence-corrected chi connectivity index (χ2v) is 11.9. The van der Waals surface area contributed by atoms with E-state index in [2.05, 4.69) is 0 Å². The minimum Gasteiger partial charge on any atom is -0.508 e. The summed E-state index contributed by atoms with van der Waals surface area (Å²) in [6.45, 7) is -0.577. The number of phenolic OH excluding ortho intramolecular Hbond substituents is 4. The average molecular weight is 725 g/mol. The molecule has 0 spiro atoms. The predicted molar refractivity (Wildman–Crippen MR) is 188 cm³/mol. The molecule has 14 nitrogen and oxygen atoms in total. The first-order valence-corrected chi connectivity index (χ1v) is 16.0. The molecule has 14 heteroatoms. The van der Waals surface area contributed by atoms with Gasteiger partial charge >= 0.3 is 11.9 Å². The molecule has 0 aliphatic carbocycles. The summed E-state index contributed by atoms with van der Waals surface area (Å²) in [5, 5.41) is 61.4. The van der Waals surface area contributed by atoms with Crippen LogP contribution in [0, 0.1) is 0 Å². The van der Waals surface area contributed by atoms with E-state index in [4.69, 9.17) is 23.4 Å². The molecule has 2 unspecified atom stereocenters. The second-order valence-electron chi connectivity index (χ2n) is 11.9. The van der Waals surface area contributed by atoms with Crippen molar-refractivity contribution in [2.24, 2.45) is 0 Å². The van der Waals surface area contributed by atoms with Crippen LogP contribution in [0.2, 0.25) is 0 Å². The van der Waals surface area contributed by atoms with Gasteiger partial charge in [0.2, 0.25) is 6.29 Å². The van der Waals surface area contributed by atoms with Gasteiger partial charge < -0.3 is 54.0 Å². The molecule has 5 aromatic rings. The third kappa shape index (κ3) is 8.83. The van der Waals surface area contributed by atoms with Gasteiger partial charge in [0.1, 0.15) is 70.4 Å². The Bertz CT molecular complexity index is 2200. The van der Waals surface area contributed by atoms with Gasteiger partial charge in [-0.2, -0.15) is 0 Å². The summed E-state index contributed by atoms with van der Waals surface area (Å²) in [5.74, 6) is -2.32. The molecule has 0 bridgehead atoms. The van der Waals surface area contributed by atoms with E-state index in [1.54, 1.807) is 12.1 Å². The van der Waals surface area contributed by atoms with Gasteiger partial charge in [0.15, 0.2) is 11.5 Å². The number of hydrogen-bond acceptors (Lipinski definition) is 14. The van der Waals surface area contributed by atoms with Crippen molar-refractivity contribution in [2.75, 3.05) is 6.61 Å². The molecule has 5 atom stereocenters. The van der Waals surface area contributed by atoms with Gasteiger partial charge in [-0.3, -0.25) is 4.79 Å². The van der Waals surface area contributed by atoms with Gasteiger partial charge in [0.25, 0.3) is 0 Å². The number of rotatable bonds is 10. The highest BCUT2D eigenvalue weighted by Gasteiger charge is 2.48. The number of carbonyl (C=O) groups is 2. The van der Waals surface area contributed by atoms with E-state index in [1.807, 2.05) is 0 Å². The zero-order chi connectivity index (χ0) is 37.6. The van der Waals surface area contributed by atoms with Gasteiger partial charge in [0, 0.05) is 35.9 Å². The minimum absolute atomic E-state index is 0.00489. The molecule has 2 heterocycles. The maximum Gasteiger partial charge on any atom is 0.331 e. The lowest BCUT2D eigenvalue weighted by atomic mass is 9.99. The Hall–Kier alpha value is -6.61. The number of phenols is 4. The first kappa shape index (κ1) is 36.2. The second kappa shape index (κ2) is 15.7. The van der Waals surface area contributed by atoms with E-state index in [0.717, 1.165) is 18.2 Å². The number of aliphatic hydroxyl groups is 2. The third-order valence-corrected chi connectivity index (χ3v) is 8.08. The lowest BCUT2D eigenvalue weighted by Crippen LogP contribution is -2.61. The van der Waals surface area contributed by atoms with E-state index in [1.165, 1.54) is 84.9 Å². The molecule has 0 saturated carbocycles. The zero-order valence-corrected chi connectivity index (χ0v) is 27.5. The minimum atomic E-state index is -1.84. The fraction of sp³-hybridized carbons (Fsp3) is 0.154. The monoisotopic (exact) mass is 724 g/mol. The Morgan fingerprint density at radius 3 is 1.89 bits per heavy atom. The Kier molecular flexibility index (Phi) is 10.7. The Morgan fingerprint density at radius 1 is 0.717 bits per heavy atom. The maximum atomic E-state index is 13.0. The lowest BCUT2D eigenvalue weighted by Gasteiger charge is -2.41. The molecule has 272 valence electrons. The zero-order valence-electron chi connectivity index (χ0n) is 27.5. The number of carbonyl (C=O) groups excluding carboxylic acids is 2. The van der Waals surface area contributed by atoms with Crippen LogP contribution < -0.4 is 10.2 Å². The van der Waals surface area contributed by atoms with E-state index < -0.39 is 60.4 Å². The van der Waals surface area contributed by atoms with Gasteiger partial charge in [-0.25, -0.2) is 9.59 Å². The van der Waals surface area contributed by atoms with Crippen LogP contribution in [0.5, 0.6) is 28.7 Å². The number of ether oxygens (including phenoxy) is 4. The van der Waals surface area contributed by atoms with Crippen molar-refractivity contribution >= 4 is 35.1 Å². The Labute approximate surface area is 300 Å². The van der Waals surface area contributed by atoms with Crippen LogP contribution in [0.15, 0.2) is 112 Å². The summed E-state index contributed by atoms with van der Waals surface area (Å²) in [5.41, 5.74) is 0.881. The third-order valence-electron chi connectivity index (χ3n) is 8.08. The van der Waals surface area contributed by atoms with Crippen LogP contribution in [0.1, 0.15) is 11.1 Å². The molecule has 1 saturated heterocycles. The molecule has 1 fully saturated rings. The number of aliphatic hydroxyl groups excluding tert-OH is 2. The van der Waals surface area contributed by atoms with Crippen molar-refractivity contribution in [3.63, 3.8) is 0 Å². The Balaban J connectivity index is 1.25. The number of esters is 2. The first-order chi connectivity index (χ1) is 25.4. The van der Waals surface area contributed by atoms with Crippen molar-refractivity contribution in [1.82, 2.24) is 0 Å². The molecular formula is C39H32O14. The van der Waals surface area contributed by atoms with Crippen molar-refractivity contribution < 1.29 is 63.6 Å². The first-order valence-electron chi connectivity index (χ1n) is 16.0. The number of aromatic hydroxyl groups is 4. The number of hydrogen-bond donors (Lipinski definition) is 6. The fourth-order valence-electron chi connectivity index (χ4n) is 5.36. The predicted octanol–water partition coefficient (Wildman–Crippen LogP) is 3.99. The van der Waals surface area contributed by atoms with Gasteiger partial charge in [0.05, 0.1) is 0 Å². The maximum absolute atomic E-state index is 13.0. The topological polar surface area (TPSA) is 223 Å².